The molecule has 1 unspecified atom stereocenters. The van der Waals surface area contributed by atoms with Crippen LogP contribution < -0.4 is 15.8 Å². The maximum absolute atomic E-state index is 12.1. The van der Waals surface area contributed by atoms with E-state index in [0.29, 0.717) is 5.69 Å². The molecule has 2 atom stereocenters. The number of carbonyl (C=O) groups is 1. The van der Waals surface area contributed by atoms with E-state index in [1.165, 1.54) is 18.4 Å². The van der Waals surface area contributed by atoms with Crippen LogP contribution in [-0.4, -0.2) is 18.2 Å². The third-order valence-electron chi connectivity index (χ3n) is 3.80. The number of carbonyl (C=O) groups excluding carboxylic acids is 1. The van der Waals surface area contributed by atoms with Crippen molar-refractivity contribution in [1.82, 2.24) is 5.43 Å². The molecule has 1 aromatic rings. The number of hydrogen-bond acceptors (Lipinski definition) is 3. The van der Waals surface area contributed by atoms with Crippen LogP contribution in [0.4, 0.5) is 24.5 Å². The Morgan fingerprint density at radius 2 is 2.00 bits per heavy atom. The summed E-state index contributed by atoms with van der Waals surface area (Å²) in [7, 11) is 0. The maximum Gasteiger partial charge on any atom is 0.474 e. The van der Waals surface area contributed by atoms with Crippen molar-refractivity contribution in [2.45, 2.75) is 39.5 Å². The third kappa shape index (κ3) is 3.47. The van der Waals surface area contributed by atoms with E-state index in [9.17, 15) is 18.0 Å². The van der Waals surface area contributed by atoms with E-state index in [0.717, 1.165) is 17.7 Å². The Morgan fingerprint density at radius 1 is 1.33 bits per heavy atom. The average molecular weight is 301 g/mol. The molecule has 2 rings (SSSR count). The highest BCUT2D eigenvalue weighted by Gasteiger charge is 2.31. The molecule has 2 N–H and O–H groups in total. The number of hydrogen-bond donors (Lipinski definition) is 2. The van der Waals surface area contributed by atoms with Gasteiger partial charge >= 0.3 is 6.30 Å². The molecule has 0 aliphatic carbocycles. The lowest BCUT2D eigenvalue weighted by Crippen LogP contribution is -2.45. The van der Waals surface area contributed by atoms with E-state index in [4.69, 9.17) is 0 Å². The normalized spacial score (nSPS) is 21.9. The molecule has 0 fully saturated rings. The summed E-state index contributed by atoms with van der Waals surface area (Å²) in [5.41, 5.74) is 5.35. The fourth-order valence-electron chi connectivity index (χ4n) is 2.65. The van der Waals surface area contributed by atoms with Crippen molar-refractivity contribution in [1.29, 1.82) is 0 Å². The van der Waals surface area contributed by atoms with Crippen LogP contribution in [-0.2, 0) is 11.2 Å². The highest BCUT2D eigenvalue weighted by Crippen LogP contribution is 2.35. The number of nitrogens with zero attached hydrogens (tertiary/aromatic N) is 1. The van der Waals surface area contributed by atoms with Crippen molar-refractivity contribution in [3.8, 4) is 0 Å². The maximum atomic E-state index is 12.1. The Morgan fingerprint density at radius 3 is 2.57 bits per heavy atom. The van der Waals surface area contributed by atoms with Crippen LogP contribution in [0, 0.1) is 5.92 Å². The molecule has 0 saturated carbocycles. The van der Waals surface area contributed by atoms with E-state index >= 15 is 0 Å². The summed E-state index contributed by atoms with van der Waals surface area (Å²) in [4.78, 5) is 13.5. The summed E-state index contributed by atoms with van der Waals surface area (Å²) in [6.45, 7) is 5.50. The summed E-state index contributed by atoms with van der Waals surface area (Å²) < 4.78 is 36.4. The Kier molecular flexibility index (Phi) is 4.13. The van der Waals surface area contributed by atoms with Gasteiger partial charge in [0.1, 0.15) is 0 Å². The van der Waals surface area contributed by atoms with Gasteiger partial charge in [-0.1, -0.05) is 6.92 Å². The van der Waals surface area contributed by atoms with Gasteiger partial charge in [0, 0.05) is 24.3 Å². The number of amides is 1. The molecule has 4 nitrogen and oxygen atoms in total. The molecule has 0 spiro atoms. The molecular weight excluding hydrogens is 283 g/mol. The van der Waals surface area contributed by atoms with Crippen LogP contribution in [0.1, 0.15) is 26.3 Å². The zero-order valence-electron chi connectivity index (χ0n) is 12.1. The number of fused-ring (bicyclic) bond motifs is 1. The zero-order chi connectivity index (χ0) is 15.8. The van der Waals surface area contributed by atoms with Crippen LogP contribution in [0.2, 0.25) is 0 Å². The molecule has 1 aliphatic rings. The average Bonchev–Trinajstić information content (AvgIpc) is 2.36. The molecule has 0 aromatic heterocycles. The number of anilines is 2. The number of benzene rings is 1. The Hall–Kier alpha value is -1.76. The minimum Gasteiger partial charge on any atom is -0.314 e. The molecule has 1 heterocycles. The van der Waals surface area contributed by atoms with Crippen molar-refractivity contribution < 1.29 is 18.0 Å². The van der Waals surface area contributed by atoms with Crippen molar-refractivity contribution in [3.63, 3.8) is 0 Å². The molecule has 116 valence electrons. The Bertz CT molecular complexity index is 545. The van der Waals surface area contributed by atoms with Crippen LogP contribution in [0.15, 0.2) is 18.2 Å². The van der Waals surface area contributed by atoms with E-state index in [2.05, 4.69) is 5.43 Å². The minimum atomic E-state index is -4.50. The molecular formula is C14H18F3N3O. The van der Waals surface area contributed by atoms with Crippen molar-refractivity contribution in [2.75, 3.05) is 10.3 Å². The number of halogens is 3. The summed E-state index contributed by atoms with van der Waals surface area (Å²) in [6.07, 6.45) is -3.77. The molecule has 7 heteroatoms. The van der Waals surface area contributed by atoms with Gasteiger partial charge in [0.2, 0.25) is 5.91 Å². The van der Waals surface area contributed by atoms with Gasteiger partial charge in [0.15, 0.2) is 0 Å². The first-order chi connectivity index (χ1) is 9.69. The van der Waals surface area contributed by atoms with Crippen LogP contribution in [0.25, 0.3) is 0 Å². The van der Waals surface area contributed by atoms with E-state index in [1.807, 2.05) is 13.8 Å². The van der Waals surface area contributed by atoms with Gasteiger partial charge in [0.05, 0.1) is 0 Å². The predicted molar refractivity (Wildman–Crippen MR) is 74.7 cm³/mol. The van der Waals surface area contributed by atoms with Gasteiger partial charge in [-0.05, 0) is 43.0 Å². The van der Waals surface area contributed by atoms with Crippen molar-refractivity contribution in [2.24, 2.45) is 5.92 Å². The molecule has 0 bridgehead atoms. The first kappa shape index (κ1) is 15.6. The van der Waals surface area contributed by atoms with Crippen LogP contribution in [0.3, 0.4) is 0 Å². The van der Waals surface area contributed by atoms with E-state index in [-0.39, 0.29) is 17.9 Å². The molecule has 0 saturated heterocycles. The molecule has 1 amide bonds. The predicted octanol–water partition coefficient (Wildman–Crippen LogP) is 3.06. The lowest BCUT2D eigenvalue weighted by molar-refractivity contribution is -0.151. The zero-order valence-corrected chi connectivity index (χ0v) is 12.1. The van der Waals surface area contributed by atoms with E-state index in [1.54, 1.807) is 17.0 Å². The van der Waals surface area contributed by atoms with Gasteiger partial charge < -0.3 is 10.3 Å². The van der Waals surface area contributed by atoms with Crippen molar-refractivity contribution >= 4 is 17.3 Å². The fraction of sp³-hybridized carbons (Fsp3) is 0.500. The SMILES string of the molecule is CC(=O)N1c2ccc(NNC(F)(F)F)cc2CC(C)[C@@H]1C. The Balaban J connectivity index is 2.28. The number of rotatable bonds is 2. The largest absolute Gasteiger partial charge is 0.474 e. The lowest BCUT2D eigenvalue weighted by Gasteiger charge is -2.39. The van der Waals surface area contributed by atoms with Gasteiger partial charge in [0.25, 0.3) is 0 Å². The van der Waals surface area contributed by atoms with Crippen molar-refractivity contribution in [3.05, 3.63) is 23.8 Å². The topological polar surface area (TPSA) is 44.4 Å². The van der Waals surface area contributed by atoms with Gasteiger partial charge in [-0.3, -0.25) is 4.79 Å². The second-order valence-corrected chi connectivity index (χ2v) is 5.40. The summed E-state index contributed by atoms with van der Waals surface area (Å²) in [6, 6.07) is 4.92. The highest BCUT2D eigenvalue weighted by molar-refractivity contribution is 5.93. The molecule has 1 aliphatic heterocycles. The standard InChI is InChI=1S/C14H18F3N3O/c1-8-6-11-7-12(18-19-14(15,16)17)4-5-13(11)20(9(8)2)10(3)21/h4-5,7-9,18-19H,6H2,1-3H3/t8?,9-/m0/s1. The summed E-state index contributed by atoms with van der Waals surface area (Å²) >= 11 is 0. The Labute approximate surface area is 121 Å². The summed E-state index contributed by atoms with van der Waals surface area (Å²) in [5, 5.41) is 0. The van der Waals surface area contributed by atoms with Gasteiger partial charge in [-0.25, -0.2) is 0 Å². The van der Waals surface area contributed by atoms with E-state index < -0.39 is 6.30 Å². The summed E-state index contributed by atoms with van der Waals surface area (Å²) in [5.74, 6) is 0.177. The quantitative estimate of drug-likeness (QED) is 0.652. The number of hydrazine groups is 1. The molecule has 0 radical (unpaired) electrons. The highest BCUT2D eigenvalue weighted by atomic mass is 19.4. The van der Waals surface area contributed by atoms with Crippen LogP contribution in [0.5, 0.6) is 0 Å². The minimum absolute atomic E-state index is 0.0653. The first-order valence-corrected chi connectivity index (χ1v) is 6.71. The first-order valence-electron chi connectivity index (χ1n) is 6.71. The van der Waals surface area contributed by atoms with Gasteiger partial charge in [-0.2, -0.15) is 13.2 Å². The van der Waals surface area contributed by atoms with Gasteiger partial charge in [-0.15, -0.1) is 5.43 Å². The number of alkyl halides is 3. The third-order valence-corrected chi connectivity index (χ3v) is 3.80. The van der Waals surface area contributed by atoms with Crippen LogP contribution >= 0.6 is 0 Å². The fourth-order valence-corrected chi connectivity index (χ4v) is 2.65. The monoisotopic (exact) mass is 301 g/mol. The molecule has 21 heavy (non-hydrogen) atoms. The second-order valence-electron chi connectivity index (χ2n) is 5.40. The smallest absolute Gasteiger partial charge is 0.314 e. The number of nitrogens with one attached hydrogen (secondary N) is 2. The lowest BCUT2D eigenvalue weighted by atomic mass is 9.87. The second kappa shape index (κ2) is 5.55. The molecule has 1 aromatic carbocycles.